The van der Waals surface area contributed by atoms with E-state index < -0.39 is 20.8 Å². The van der Waals surface area contributed by atoms with Gasteiger partial charge in [0.1, 0.15) is 4.90 Å². The maximum absolute atomic E-state index is 12.2. The van der Waals surface area contributed by atoms with Crippen LogP contribution < -0.4 is 0 Å². The van der Waals surface area contributed by atoms with Crippen molar-refractivity contribution in [3.05, 3.63) is 64.7 Å². The third-order valence-corrected chi connectivity index (χ3v) is 3.63. The highest BCUT2D eigenvalue weighted by atomic mass is 35.5. The zero-order valence-corrected chi connectivity index (χ0v) is 11.1. The average Bonchev–Trinajstić information content (AvgIpc) is 2.38. The van der Waals surface area contributed by atoms with Crippen molar-refractivity contribution in [2.45, 2.75) is 4.90 Å². The molecule has 0 fully saturated rings. The molecule has 6 heteroatoms. The van der Waals surface area contributed by atoms with Crippen LogP contribution in [-0.4, -0.2) is 18.8 Å². The van der Waals surface area contributed by atoms with Gasteiger partial charge in [-0.3, -0.25) is 9.35 Å². The Morgan fingerprint density at radius 1 is 1.05 bits per heavy atom. The van der Waals surface area contributed by atoms with E-state index in [-0.39, 0.29) is 10.6 Å². The summed E-state index contributed by atoms with van der Waals surface area (Å²) >= 11 is 5.69. The average molecular weight is 297 g/mol. The number of carbonyl (C=O) groups excluding carboxylic acids is 1. The van der Waals surface area contributed by atoms with E-state index in [1.807, 2.05) is 0 Å². The van der Waals surface area contributed by atoms with Crippen LogP contribution in [0.25, 0.3) is 0 Å². The highest BCUT2D eigenvalue weighted by Crippen LogP contribution is 2.23. The second-order valence-electron chi connectivity index (χ2n) is 3.81. The third kappa shape index (κ3) is 3.01. The standard InChI is InChI=1S/C13H9ClO4S/c14-10-6-7-11(12(8-10)19(16,17)18)13(15)9-4-2-1-3-5-9/h1-8H,(H,16,17,18). The predicted molar refractivity (Wildman–Crippen MR) is 71.1 cm³/mol. The zero-order valence-electron chi connectivity index (χ0n) is 9.58. The van der Waals surface area contributed by atoms with Gasteiger partial charge in [-0.1, -0.05) is 41.9 Å². The highest BCUT2D eigenvalue weighted by Gasteiger charge is 2.21. The van der Waals surface area contributed by atoms with Gasteiger partial charge in [-0.25, -0.2) is 0 Å². The third-order valence-electron chi connectivity index (χ3n) is 2.50. The minimum Gasteiger partial charge on any atom is -0.289 e. The van der Waals surface area contributed by atoms with Crippen LogP contribution in [0.4, 0.5) is 0 Å². The summed E-state index contributed by atoms with van der Waals surface area (Å²) in [6.45, 7) is 0. The highest BCUT2D eigenvalue weighted by molar-refractivity contribution is 7.86. The molecule has 0 spiro atoms. The van der Waals surface area contributed by atoms with Gasteiger partial charge in [0.25, 0.3) is 10.1 Å². The molecule has 0 amide bonds. The van der Waals surface area contributed by atoms with Gasteiger partial charge in [-0.15, -0.1) is 0 Å². The summed E-state index contributed by atoms with van der Waals surface area (Å²) in [6.07, 6.45) is 0. The largest absolute Gasteiger partial charge is 0.295 e. The summed E-state index contributed by atoms with van der Waals surface area (Å²) < 4.78 is 31.7. The lowest BCUT2D eigenvalue weighted by Crippen LogP contribution is -2.09. The Morgan fingerprint density at radius 3 is 2.26 bits per heavy atom. The first kappa shape index (κ1) is 13.7. The van der Waals surface area contributed by atoms with Crippen LogP contribution in [0.1, 0.15) is 15.9 Å². The molecular weight excluding hydrogens is 288 g/mol. The van der Waals surface area contributed by atoms with E-state index in [1.54, 1.807) is 30.3 Å². The lowest BCUT2D eigenvalue weighted by Gasteiger charge is -2.06. The fourth-order valence-electron chi connectivity index (χ4n) is 1.64. The van der Waals surface area contributed by atoms with Gasteiger partial charge in [-0.05, 0) is 18.2 Å². The molecule has 2 aromatic carbocycles. The second-order valence-corrected chi connectivity index (χ2v) is 5.64. The molecule has 0 aromatic heterocycles. The Kier molecular flexibility index (Phi) is 3.71. The lowest BCUT2D eigenvalue weighted by molar-refractivity contribution is 0.103. The fourth-order valence-corrected chi connectivity index (χ4v) is 2.59. The van der Waals surface area contributed by atoms with Crippen molar-refractivity contribution in [1.29, 1.82) is 0 Å². The van der Waals surface area contributed by atoms with Crippen LogP contribution in [0, 0.1) is 0 Å². The first-order valence-electron chi connectivity index (χ1n) is 5.26. The molecule has 0 heterocycles. The number of rotatable bonds is 3. The molecule has 1 N–H and O–H groups in total. The Bertz CT molecular complexity index is 724. The van der Waals surface area contributed by atoms with E-state index in [1.165, 1.54) is 12.1 Å². The molecule has 19 heavy (non-hydrogen) atoms. The number of hydrogen-bond donors (Lipinski definition) is 1. The molecule has 98 valence electrons. The Morgan fingerprint density at radius 2 is 1.68 bits per heavy atom. The van der Waals surface area contributed by atoms with Crippen molar-refractivity contribution in [2.24, 2.45) is 0 Å². The molecule has 0 bridgehead atoms. The van der Waals surface area contributed by atoms with Crippen molar-refractivity contribution < 1.29 is 17.8 Å². The van der Waals surface area contributed by atoms with Gasteiger partial charge in [0.15, 0.2) is 5.78 Å². The second kappa shape index (κ2) is 5.13. The first-order chi connectivity index (χ1) is 8.89. The van der Waals surface area contributed by atoms with Gasteiger partial charge in [0.05, 0.1) is 0 Å². The molecule has 4 nitrogen and oxygen atoms in total. The van der Waals surface area contributed by atoms with Crippen LogP contribution in [0.15, 0.2) is 53.4 Å². The number of hydrogen-bond acceptors (Lipinski definition) is 3. The molecule has 0 unspecified atom stereocenters. The van der Waals surface area contributed by atoms with Gasteiger partial charge in [0.2, 0.25) is 0 Å². The van der Waals surface area contributed by atoms with Gasteiger partial charge in [-0.2, -0.15) is 8.42 Å². The molecule has 0 aliphatic rings. The summed E-state index contributed by atoms with van der Waals surface area (Å²) in [5, 5.41) is 0.122. The van der Waals surface area contributed by atoms with Crippen molar-refractivity contribution in [3.8, 4) is 0 Å². The quantitative estimate of drug-likeness (QED) is 0.698. The lowest BCUT2D eigenvalue weighted by atomic mass is 10.0. The number of halogens is 1. The Balaban J connectivity index is 2.61. The first-order valence-corrected chi connectivity index (χ1v) is 7.08. The molecule has 0 saturated carbocycles. The van der Waals surface area contributed by atoms with Gasteiger partial charge >= 0.3 is 0 Å². The minimum absolute atomic E-state index is 0.113. The smallest absolute Gasteiger partial charge is 0.289 e. The summed E-state index contributed by atoms with van der Waals surface area (Å²) in [6, 6.07) is 11.9. The fraction of sp³-hybridized carbons (Fsp3) is 0. The van der Waals surface area contributed by atoms with Crippen LogP contribution in [0.3, 0.4) is 0 Å². The van der Waals surface area contributed by atoms with Crippen LogP contribution in [0.2, 0.25) is 5.02 Å². The van der Waals surface area contributed by atoms with Crippen LogP contribution in [-0.2, 0) is 10.1 Å². The summed E-state index contributed by atoms with van der Waals surface area (Å²) in [7, 11) is -4.51. The minimum atomic E-state index is -4.51. The summed E-state index contributed by atoms with van der Waals surface area (Å²) in [4.78, 5) is 11.7. The molecule has 2 aromatic rings. The maximum atomic E-state index is 12.2. The number of carbonyl (C=O) groups is 1. The molecule has 0 aliphatic carbocycles. The van der Waals surface area contributed by atoms with Crippen LogP contribution >= 0.6 is 11.6 Å². The van der Waals surface area contributed by atoms with Crippen molar-refractivity contribution in [3.63, 3.8) is 0 Å². The van der Waals surface area contributed by atoms with Crippen molar-refractivity contribution in [1.82, 2.24) is 0 Å². The zero-order chi connectivity index (χ0) is 14.0. The molecule has 0 aliphatic heterocycles. The van der Waals surface area contributed by atoms with E-state index >= 15 is 0 Å². The SMILES string of the molecule is O=C(c1ccccc1)c1ccc(Cl)cc1S(=O)(=O)O. The number of benzene rings is 2. The molecular formula is C13H9ClO4S. The van der Waals surface area contributed by atoms with E-state index in [2.05, 4.69) is 0 Å². The molecule has 0 radical (unpaired) electrons. The van der Waals surface area contributed by atoms with Crippen molar-refractivity contribution >= 4 is 27.5 Å². The Hall–Kier alpha value is -1.69. The Labute approximate surface area is 115 Å². The maximum Gasteiger partial charge on any atom is 0.295 e. The summed E-state index contributed by atoms with van der Waals surface area (Å²) in [5.41, 5.74) is 0.216. The van der Waals surface area contributed by atoms with E-state index in [0.717, 1.165) is 6.07 Å². The predicted octanol–water partition coefficient (Wildman–Crippen LogP) is 2.82. The molecule has 0 saturated heterocycles. The van der Waals surface area contributed by atoms with Gasteiger partial charge in [0, 0.05) is 16.1 Å². The van der Waals surface area contributed by atoms with Crippen LogP contribution in [0.5, 0.6) is 0 Å². The monoisotopic (exact) mass is 296 g/mol. The summed E-state index contributed by atoms with van der Waals surface area (Å²) in [5.74, 6) is -0.495. The van der Waals surface area contributed by atoms with Gasteiger partial charge < -0.3 is 0 Å². The van der Waals surface area contributed by atoms with E-state index in [9.17, 15) is 13.2 Å². The molecule has 0 atom stereocenters. The molecule has 2 rings (SSSR count). The van der Waals surface area contributed by atoms with E-state index in [4.69, 9.17) is 16.2 Å². The number of ketones is 1. The van der Waals surface area contributed by atoms with Crippen molar-refractivity contribution in [2.75, 3.05) is 0 Å². The topological polar surface area (TPSA) is 71.4 Å². The van der Waals surface area contributed by atoms with E-state index in [0.29, 0.717) is 5.56 Å². The normalized spacial score (nSPS) is 11.3.